The first-order valence-electron chi connectivity index (χ1n) is 6.07. The number of hydrogen-bond acceptors (Lipinski definition) is 2. The third-order valence-corrected chi connectivity index (χ3v) is 3.31. The molecule has 1 heterocycles. The Morgan fingerprint density at radius 1 is 1.44 bits per heavy atom. The van der Waals surface area contributed by atoms with E-state index in [0.717, 1.165) is 38.0 Å². The number of allylic oxidation sites excluding steroid dienone is 3. The van der Waals surface area contributed by atoms with Gasteiger partial charge in [-0.2, -0.15) is 0 Å². The molecule has 0 saturated carbocycles. The second kappa shape index (κ2) is 6.02. The number of nitrogens with zero attached hydrogens (tertiary/aromatic N) is 1. The van der Waals surface area contributed by atoms with Crippen LogP contribution in [0.4, 0.5) is 0 Å². The smallest absolute Gasteiger partial charge is 0.0920 e. The molecule has 2 nitrogen and oxygen atoms in total. The molecule has 1 aliphatic heterocycles. The largest absolute Gasteiger partial charge is 0.385 e. The minimum atomic E-state index is -0.660. The van der Waals surface area contributed by atoms with E-state index in [9.17, 15) is 5.11 Å². The molecule has 1 saturated heterocycles. The standard InChI is InChI=1S/C14H23NO/c1-4-7-13(8-5-2)14(16)9-11-15(6-3)12-10-14/h4-5,7-8,16H,1,6,9-12H2,2-3H3/b8-5-,13-7+. The fourth-order valence-corrected chi connectivity index (χ4v) is 2.20. The lowest BCUT2D eigenvalue weighted by atomic mass is 9.83. The fourth-order valence-electron chi connectivity index (χ4n) is 2.20. The number of likely N-dealkylation sites (tertiary alicyclic amines) is 1. The molecule has 0 amide bonds. The van der Waals surface area contributed by atoms with Crippen molar-refractivity contribution in [3.63, 3.8) is 0 Å². The van der Waals surface area contributed by atoms with Crippen LogP contribution in [0.1, 0.15) is 26.7 Å². The average molecular weight is 221 g/mol. The van der Waals surface area contributed by atoms with Crippen molar-refractivity contribution in [3.8, 4) is 0 Å². The van der Waals surface area contributed by atoms with Gasteiger partial charge in [0, 0.05) is 13.1 Å². The summed E-state index contributed by atoms with van der Waals surface area (Å²) in [6.45, 7) is 10.9. The summed E-state index contributed by atoms with van der Waals surface area (Å²) in [5, 5.41) is 10.6. The Morgan fingerprint density at radius 3 is 2.50 bits per heavy atom. The minimum absolute atomic E-state index is 0.660. The van der Waals surface area contributed by atoms with Gasteiger partial charge in [-0.15, -0.1) is 0 Å². The second-order valence-corrected chi connectivity index (χ2v) is 4.32. The highest BCUT2D eigenvalue weighted by molar-refractivity contribution is 5.32. The summed E-state index contributed by atoms with van der Waals surface area (Å²) in [4.78, 5) is 2.37. The number of rotatable bonds is 4. The zero-order chi connectivity index (χ0) is 12.0. The molecule has 0 aromatic rings. The highest BCUT2D eigenvalue weighted by atomic mass is 16.3. The first-order chi connectivity index (χ1) is 7.66. The van der Waals surface area contributed by atoms with Crippen molar-refractivity contribution < 1.29 is 5.11 Å². The zero-order valence-electron chi connectivity index (χ0n) is 10.4. The molecule has 1 rings (SSSR count). The summed E-state index contributed by atoms with van der Waals surface area (Å²) in [5.74, 6) is 0. The van der Waals surface area contributed by atoms with E-state index >= 15 is 0 Å². The van der Waals surface area contributed by atoms with Gasteiger partial charge in [0.05, 0.1) is 5.60 Å². The van der Waals surface area contributed by atoms with Gasteiger partial charge in [0.25, 0.3) is 0 Å². The molecule has 0 radical (unpaired) electrons. The topological polar surface area (TPSA) is 23.5 Å². The van der Waals surface area contributed by atoms with Gasteiger partial charge in [0.2, 0.25) is 0 Å². The van der Waals surface area contributed by atoms with Crippen LogP contribution < -0.4 is 0 Å². The van der Waals surface area contributed by atoms with Gasteiger partial charge < -0.3 is 10.0 Å². The van der Waals surface area contributed by atoms with Crippen LogP contribution in [0, 0.1) is 0 Å². The Bertz CT molecular complexity index is 283. The number of aliphatic hydroxyl groups is 1. The molecule has 16 heavy (non-hydrogen) atoms. The van der Waals surface area contributed by atoms with Gasteiger partial charge in [-0.05, 0) is 31.9 Å². The molecule has 0 aromatic heterocycles. The fraction of sp³-hybridized carbons (Fsp3) is 0.571. The zero-order valence-corrected chi connectivity index (χ0v) is 10.4. The molecule has 1 aliphatic rings. The van der Waals surface area contributed by atoms with Crippen LogP contribution in [0.25, 0.3) is 0 Å². The maximum Gasteiger partial charge on any atom is 0.0920 e. The van der Waals surface area contributed by atoms with Crippen molar-refractivity contribution in [2.24, 2.45) is 0 Å². The first kappa shape index (κ1) is 13.2. The maximum atomic E-state index is 10.6. The van der Waals surface area contributed by atoms with Crippen LogP contribution in [-0.2, 0) is 0 Å². The molecule has 0 atom stereocenters. The number of piperidine rings is 1. The van der Waals surface area contributed by atoms with Crippen LogP contribution in [0.3, 0.4) is 0 Å². The number of hydrogen-bond donors (Lipinski definition) is 1. The Morgan fingerprint density at radius 2 is 2.06 bits per heavy atom. The van der Waals surface area contributed by atoms with E-state index in [2.05, 4.69) is 18.4 Å². The van der Waals surface area contributed by atoms with E-state index in [-0.39, 0.29) is 0 Å². The van der Waals surface area contributed by atoms with Crippen molar-refractivity contribution in [2.45, 2.75) is 32.3 Å². The molecule has 90 valence electrons. The van der Waals surface area contributed by atoms with Crippen molar-refractivity contribution in [3.05, 3.63) is 36.5 Å². The van der Waals surface area contributed by atoms with Crippen molar-refractivity contribution >= 4 is 0 Å². The third-order valence-electron chi connectivity index (χ3n) is 3.31. The van der Waals surface area contributed by atoms with Gasteiger partial charge in [-0.1, -0.05) is 37.8 Å². The summed E-state index contributed by atoms with van der Waals surface area (Å²) in [7, 11) is 0. The van der Waals surface area contributed by atoms with Crippen molar-refractivity contribution in [1.29, 1.82) is 0 Å². The lowest BCUT2D eigenvalue weighted by Crippen LogP contribution is -2.45. The average Bonchev–Trinajstić information content (AvgIpc) is 2.30. The lowest BCUT2D eigenvalue weighted by Gasteiger charge is -2.38. The molecule has 0 bridgehead atoms. The summed E-state index contributed by atoms with van der Waals surface area (Å²) in [5.41, 5.74) is 0.326. The van der Waals surface area contributed by atoms with Gasteiger partial charge >= 0.3 is 0 Å². The molecule has 0 aliphatic carbocycles. The van der Waals surface area contributed by atoms with Crippen LogP contribution in [0.2, 0.25) is 0 Å². The van der Waals surface area contributed by atoms with Gasteiger partial charge in [0.15, 0.2) is 0 Å². The molecule has 1 N–H and O–H groups in total. The van der Waals surface area contributed by atoms with E-state index < -0.39 is 5.60 Å². The Balaban J connectivity index is 2.77. The maximum absolute atomic E-state index is 10.6. The highest BCUT2D eigenvalue weighted by Gasteiger charge is 2.33. The summed E-state index contributed by atoms with van der Waals surface area (Å²) < 4.78 is 0. The van der Waals surface area contributed by atoms with Gasteiger partial charge in [-0.25, -0.2) is 0 Å². The van der Waals surface area contributed by atoms with Crippen molar-refractivity contribution in [1.82, 2.24) is 4.90 Å². The quantitative estimate of drug-likeness (QED) is 0.737. The van der Waals surface area contributed by atoms with E-state index in [0.29, 0.717) is 0 Å². The van der Waals surface area contributed by atoms with E-state index in [1.807, 2.05) is 25.2 Å². The van der Waals surface area contributed by atoms with Crippen LogP contribution in [0.15, 0.2) is 36.5 Å². The van der Waals surface area contributed by atoms with Gasteiger partial charge in [-0.3, -0.25) is 0 Å². The molecule has 0 aromatic carbocycles. The lowest BCUT2D eigenvalue weighted by molar-refractivity contribution is 0.0137. The second-order valence-electron chi connectivity index (χ2n) is 4.32. The monoisotopic (exact) mass is 221 g/mol. The van der Waals surface area contributed by atoms with E-state index in [4.69, 9.17) is 0 Å². The first-order valence-corrected chi connectivity index (χ1v) is 6.07. The van der Waals surface area contributed by atoms with Crippen LogP contribution in [-0.4, -0.2) is 35.2 Å². The normalized spacial score (nSPS) is 22.6. The summed E-state index contributed by atoms with van der Waals surface area (Å²) in [6, 6.07) is 0. The molecule has 0 spiro atoms. The molecule has 1 fully saturated rings. The predicted molar refractivity (Wildman–Crippen MR) is 69.4 cm³/mol. The van der Waals surface area contributed by atoms with Crippen LogP contribution in [0.5, 0.6) is 0 Å². The Labute approximate surface area is 99.0 Å². The third kappa shape index (κ3) is 3.06. The summed E-state index contributed by atoms with van der Waals surface area (Å²) >= 11 is 0. The highest BCUT2D eigenvalue weighted by Crippen LogP contribution is 2.30. The molecular formula is C14H23NO. The van der Waals surface area contributed by atoms with E-state index in [1.165, 1.54) is 0 Å². The molecular weight excluding hydrogens is 198 g/mol. The van der Waals surface area contributed by atoms with Crippen LogP contribution >= 0.6 is 0 Å². The van der Waals surface area contributed by atoms with E-state index in [1.54, 1.807) is 6.08 Å². The SMILES string of the molecule is C=C/C=C(\C=C/C)C1(O)CCN(CC)CC1. The Kier molecular flexibility index (Phi) is 4.97. The predicted octanol–water partition coefficient (Wildman–Crippen LogP) is 2.52. The molecule has 2 heteroatoms. The molecule has 0 unspecified atom stereocenters. The minimum Gasteiger partial charge on any atom is -0.385 e. The van der Waals surface area contributed by atoms with Crippen molar-refractivity contribution in [2.75, 3.05) is 19.6 Å². The summed E-state index contributed by atoms with van der Waals surface area (Å²) in [6.07, 6.45) is 9.25. The Hall–Kier alpha value is -0.860. The van der Waals surface area contributed by atoms with Gasteiger partial charge in [0.1, 0.15) is 0 Å².